The molecule has 0 bridgehead atoms. The van der Waals surface area contributed by atoms with E-state index in [1.54, 1.807) is 0 Å². The second-order valence-electron chi connectivity index (χ2n) is 6.29. The summed E-state index contributed by atoms with van der Waals surface area (Å²) >= 11 is 0. The van der Waals surface area contributed by atoms with Crippen molar-refractivity contribution in [2.75, 3.05) is 0 Å². The van der Waals surface area contributed by atoms with Gasteiger partial charge >= 0.3 is 0 Å². The van der Waals surface area contributed by atoms with E-state index in [2.05, 4.69) is 0 Å². The van der Waals surface area contributed by atoms with Crippen molar-refractivity contribution in [1.82, 2.24) is 0 Å². The number of rotatable bonds is 0. The summed E-state index contributed by atoms with van der Waals surface area (Å²) in [6, 6.07) is 0. The molecule has 0 radical (unpaired) electrons. The Morgan fingerprint density at radius 3 is 2.27 bits per heavy atom. The first kappa shape index (κ1) is 9.86. The van der Waals surface area contributed by atoms with Crippen LogP contribution in [-0.2, 0) is 4.79 Å². The number of hydrogen-bond acceptors (Lipinski definition) is 1. The molecule has 0 aliphatic heterocycles. The summed E-state index contributed by atoms with van der Waals surface area (Å²) in [5.74, 6) is 0.623. The van der Waals surface area contributed by atoms with Gasteiger partial charge in [-0.05, 0) is 50.4 Å². The van der Waals surface area contributed by atoms with Gasteiger partial charge in [-0.25, -0.2) is 0 Å². The molecular weight excluding hydrogens is 184 g/mol. The molecule has 1 heteroatoms. The van der Waals surface area contributed by atoms with Gasteiger partial charge in [-0.3, -0.25) is 4.79 Å². The Hall–Kier alpha value is -0.330. The minimum atomic E-state index is 0.169. The van der Waals surface area contributed by atoms with Crippen LogP contribution in [0.2, 0.25) is 0 Å². The van der Waals surface area contributed by atoms with Gasteiger partial charge in [0.1, 0.15) is 5.78 Å². The predicted molar refractivity (Wildman–Crippen MR) is 60.7 cm³/mol. The molecule has 3 rings (SSSR count). The third kappa shape index (κ3) is 1.46. The maximum absolute atomic E-state index is 12.2. The molecule has 0 aromatic carbocycles. The molecule has 3 aliphatic carbocycles. The van der Waals surface area contributed by atoms with Crippen LogP contribution >= 0.6 is 0 Å². The largest absolute Gasteiger partial charge is 0.299 e. The van der Waals surface area contributed by atoms with E-state index in [4.69, 9.17) is 0 Å². The molecule has 2 spiro atoms. The van der Waals surface area contributed by atoms with Crippen LogP contribution in [0, 0.1) is 10.8 Å². The second kappa shape index (κ2) is 3.33. The lowest BCUT2D eigenvalue weighted by atomic mass is 9.69. The topological polar surface area (TPSA) is 17.1 Å². The van der Waals surface area contributed by atoms with Crippen molar-refractivity contribution in [2.45, 2.75) is 70.6 Å². The van der Waals surface area contributed by atoms with Crippen molar-refractivity contribution in [3.05, 3.63) is 0 Å². The zero-order valence-corrected chi connectivity index (χ0v) is 9.69. The fourth-order valence-corrected chi connectivity index (χ4v) is 4.56. The Morgan fingerprint density at radius 1 is 0.800 bits per heavy atom. The number of carbonyl (C=O) groups is 1. The van der Waals surface area contributed by atoms with Crippen LogP contribution in [0.25, 0.3) is 0 Å². The Balaban J connectivity index is 1.80. The van der Waals surface area contributed by atoms with Crippen LogP contribution in [-0.4, -0.2) is 5.78 Å². The second-order valence-corrected chi connectivity index (χ2v) is 6.29. The van der Waals surface area contributed by atoms with Gasteiger partial charge in [0.2, 0.25) is 0 Å². The van der Waals surface area contributed by atoms with Gasteiger partial charge < -0.3 is 0 Å². The van der Waals surface area contributed by atoms with Gasteiger partial charge in [0, 0.05) is 11.8 Å². The van der Waals surface area contributed by atoms with Crippen molar-refractivity contribution in [3.63, 3.8) is 0 Å². The molecular formula is C14H22O. The van der Waals surface area contributed by atoms with Crippen molar-refractivity contribution >= 4 is 5.78 Å². The summed E-state index contributed by atoms with van der Waals surface area (Å²) < 4.78 is 0. The number of hydrogen-bond donors (Lipinski definition) is 0. The summed E-state index contributed by atoms with van der Waals surface area (Å²) in [4.78, 5) is 12.2. The van der Waals surface area contributed by atoms with E-state index in [1.165, 1.54) is 57.8 Å². The number of ketones is 1. The van der Waals surface area contributed by atoms with E-state index >= 15 is 0 Å². The van der Waals surface area contributed by atoms with E-state index < -0.39 is 0 Å². The molecule has 0 saturated heterocycles. The monoisotopic (exact) mass is 206 g/mol. The van der Waals surface area contributed by atoms with Crippen LogP contribution in [0.3, 0.4) is 0 Å². The highest BCUT2D eigenvalue weighted by Crippen LogP contribution is 2.60. The lowest BCUT2D eigenvalue weighted by Crippen LogP contribution is -2.32. The average Bonchev–Trinajstić information content (AvgIpc) is 2.83. The molecule has 1 nitrogen and oxygen atoms in total. The van der Waals surface area contributed by atoms with Gasteiger partial charge in [-0.15, -0.1) is 0 Å². The highest BCUT2D eigenvalue weighted by atomic mass is 16.1. The molecule has 0 heterocycles. The van der Waals surface area contributed by atoms with Crippen LogP contribution in [0.15, 0.2) is 0 Å². The van der Waals surface area contributed by atoms with Crippen molar-refractivity contribution < 1.29 is 4.79 Å². The Kier molecular flexibility index (Phi) is 2.19. The molecule has 3 saturated carbocycles. The summed E-state index contributed by atoms with van der Waals surface area (Å²) in [5, 5.41) is 0. The quantitative estimate of drug-likeness (QED) is 0.588. The molecule has 0 N–H and O–H groups in total. The standard InChI is InChI=1S/C14H22O/c15-12-5-1-2-8-14(12)10-9-13(11-14)6-3-4-7-13/h1-11H2. The first-order chi connectivity index (χ1) is 7.25. The third-order valence-electron chi connectivity index (χ3n) is 5.41. The van der Waals surface area contributed by atoms with Gasteiger partial charge in [0.25, 0.3) is 0 Å². The van der Waals surface area contributed by atoms with Gasteiger partial charge in [0.05, 0.1) is 0 Å². The van der Waals surface area contributed by atoms with Gasteiger partial charge in [0.15, 0.2) is 0 Å². The van der Waals surface area contributed by atoms with Crippen molar-refractivity contribution in [3.8, 4) is 0 Å². The Bertz CT molecular complexity index is 275. The lowest BCUT2D eigenvalue weighted by molar-refractivity contribution is -0.131. The molecule has 15 heavy (non-hydrogen) atoms. The Labute approximate surface area is 92.6 Å². The smallest absolute Gasteiger partial charge is 0.139 e. The van der Waals surface area contributed by atoms with Crippen LogP contribution in [0.5, 0.6) is 0 Å². The maximum Gasteiger partial charge on any atom is 0.139 e. The zero-order chi connectivity index (χ0) is 10.4. The summed E-state index contributed by atoms with van der Waals surface area (Å²) in [5.41, 5.74) is 0.787. The maximum atomic E-state index is 12.2. The summed E-state index contributed by atoms with van der Waals surface area (Å²) in [7, 11) is 0. The van der Waals surface area contributed by atoms with E-state index in [1.807, 2.05) is 0 Å². The predicted octanol–water partition coefficient (Wildman–Crippen LogP) is 3.86. The minimum Gasteiger partial charge on any atom is -0.299 e. The average molecular weight is 206 g/mol. The molecule has 0 aromatic rings. The van der Waals surface area contributed by atoms with E-state index in [9.17, 15) is 4.79 Å². The highest BCUT2D eigenvalue weighted by Gasteiger charge is 2.52. The van der Waals surface area contributed by atoms with Crippen molar-refractivity contribution in [1.29, 1.82) is 0 Å². The molecule has 84 valence electrons. The highest BCUT2D eigenvalue weighted by molar-refractivity contribution is 5.85. The van der Waals surface area contributed by atoms with E-state index in [0.29, 0.717) is 11.2 Å². The van der Waals surface area contributed by atoms with Crippen LogP contribution in [0.4, 0.5) is 0 Å². The van der Waals surface area contributed by atoms with Crippen LogP contribution < -0.4 is 0 Å². The molecule has 0 amide bonds. The normalized spacial score (nSPS) is 39.3. The Morgan fingerprint density at radius 2 is 1.53 bits per heavy atom. The van der Waals surface area contributed by atoms with Gasteiger partial charge in [-0.1, -0.05) is 19.3 Å². The van der Waals surface area contributed by atoms with E-state index in [-0.39, 0.29) is 5.41 Å². The molecule has 0 aromatic heterocycles. The third-order valence-corrected chi connectivity index (χ3v) is 5.41. The SMILES string of the molecule is O=C1CCCCC12CCC1(CCCC1)C2. The molecule has 1 atom stereocenters. The zero-order valence-electron chi connectivity index (χ0n) is 9.69. The van der Waals surface area contributed by atoms with E-state index in [0.717, 1.165) is 12.8 Å². The number of Topliss-reactive ketones (excluding diaryl/α,β-unsaturated/α-hetero) is 1. The summed E-state index contributed by atoms with van der Waals surface area (Å²) in [6.07, 6.45) is 14.1. The first-order valence-electron chi connectivity index (χ1n) is 6.78. The fraction of sp³-hybridized carbons (Fsp3) is 0.929. The molecule has 1 unspecified atom stereocenters. The first-order valence-corrected chi connectivity index (χ1v) is 6.78. The molecule has 3 fully saturated rings. The number of carbonyl (C=O) groups excluding carboxylic acids is 1. The van der Waals surface area contributed by atoms with Gasteiger partial charge in [-0.2, -0.15) is 0 Å². The summed E-state index contributed by atoms with van der Waals surface area (Å²) in [6.45, 7) is 0. The lowest BCUT2D eigenvalue weighted by Gasteiger charge is -2.34. The van der Waals surface area contributed by atoms with Crippen LogP contribution in [0.1, 0.15) is 70.6 Å². The molecule has 3 aliphatic rings. The van der Waals surface area contributed by atoms with Crippen molar-refractivity contribution in [2.24, 2.45) is 10.8 Å². The minimum absolute atomic E-state index is 0.169. The fourth-order valence-electron chi connectivity index (χ4n) is 4.56.